The maximum atomic E-state index is 5.49. The Morgan fingerprint density at radius 3 is 3.11 bits per heavy atom. The summed E-state index contributed by atoms with van der Waals surface area (Å²) in [7, 11) is 0. The van der Waals surface area contributed by atoms with E-state index in [9.17, 15) is 0 Å². The Labute approximate surface area is 109 Å². The van der Waals surface area contributed by atoms with Gasteiger partial charge in [0.1, 0.15) is 0 Å². The summed E-state index contributed by atoms with van der Waals surface area (Å²) in [6.45, 7) is 4.95. The average Bonchev–Trinajstić information content (AvgIpc) is 2.37. The Hall–Kier alpha value is -1.12. The first kappa shape index (κ1) is 11.9. The van der Waals surface area contributed by atoms with Crippen LogP contribution in [0.5, 0.6) is 0 Å². The average molecular weight is 243 g/mol. The van der Waals surface area contributed by atoms with Crippen molar-refractivity contribution in [3.63, 3.8) is 0 Å². The fourth-order valence-corrected chi connectivity index (χ4v) is 3.00. The Balaban J connectivity index is 1.60. The molecule has 2 unspecified atom stereocenters. The van der Waals surface area contributed by atoms with Gasteiger partial charge in [-0.3, -0.25) is 0 Å². The lowest BCUT2D eigenvalue weighted by atomic mass is 9.76. The predicted molar refractivity (Wildman–Crippen MR) is 73.9 cm³/mol. The third-order valence-corrected chi connectivity index (χ3v) is 3.95. The van der Waals surface area contributed by atoms with Gasteiger partial charge in [0.2, 0.25) is 0 Å². The molecule has 0 bridgehead atoms. The fraction of sp³-hybridized carbons (Fsp3) is 0.500. The van der Waals surface area contributed by atoms with Gasteiger partial charge in [0.15, 0.2) is 0 Å². The molecule has 0 aromatic heterocycles. The highest BCUT2D eigenvalue weighted by atomic mass is 16.5. The lowest BCUT2D eigenvalue weighted by Gasteiger charge is -2.29. The molecular weight excluding hydrogens is 222 g/mol. The van der Waals surface area contributed by atoms with Crippen molar-refractivity contribution in [2.75, 3.05) is 19.8 Å². The van der Waals surface area contributed by atoms with Crippen LogP contribution in [0.3, 0.4) is 0 Å². The second-order valence-electron chi connectivity index (χ2n) is 5.45. The number of allylic oxidation sites excluding steroid dienone is 1. The van der Waals surface area contributed by atoms with Crippen LogP contribution in [0.2, 0.25) is 0 Å². The summed E-state index contributed by atoms with van der Waals surface area (Å²) in [5.41, 5.74) is 4.52. The molecule has 1 saturated heterocycles. The van der Waals surface area contributed by atoms with Crippen LogP contribution in [-0.2, 0) is 11.2 Å². The van der Waals surface area contributed by atoms with Gasteiger partial charge in [0.25, 0.3) is 0 Å². The molecule has 1 heterocycles. The fourth-order valence-electron chi connectivity index (χ4n) is 3.00. The summed E-state index contributed by atoms with van der Waals surface area (Å²) in [5.74, 6) is 0.644. The van der Waals surface area contributed by atoms with Gasteiger partial charge in [0.05, 0.1) is 13.2 Å². The molecular formula is C16H21NO. The van der Waals surface area contributed by atoms with Gasteiger partial charge >= 0.3 is 0 Å². The highest BCUT2D eigenvalue weighted by Crippen LogP contribution is 2.36. The minimum atomic E-state index is 0.505. The van der Waals surface area contributed by atoms with E-state index < -0.39 is 0 Å². The molecule has 96 valence electrons. The van der Waals surface area contributed by atoms with Gasteiger partial charge < -0.3 is 10.1 Å². The lowest BCUT2D eigenvalue weighted by Crippen LogP contribution is -2.41. The Morgan fingerprint density at radius 2 is 2.33 bits per heavy atom. The van der Waals surface area contributed by atoms with E-state index in [4.69, 9.17) is 4.74 Å². The molecule has 1 aliphatic heterocycles. The van der Waals surface area contributed by atoms with Crippen molar-refractivity contribution in [2.45, 2.75) is 31.7 Å². The van der Waals surface area contributed by atoms with Crippen LogP contribution in [0.4, 0.5) is 0 Å². The zero-order chi connectivity index (χ0) is 12.4. The normalized spacial score (nSPS) is 27.5. The molecule has 2 aliphatic rings. The number of ether oxygens (including phenoxy) is 1. The molecule has 2 atom stereocenters. The van der Waals surface area contributed by atoms with Crippen molar-refractivity contribution in [2.24, 2.45) is 0 Å². The van der Waals surface area contributed by atoms with Crippen molar-refractivity contribution in [3.8, 4) is 0 Å². The summed E-state index contributed by atoms with van der Waals surface area (Å²) in [6.07, 6.45) is 4.76. The minimum absolute atomic E-state index is 0.505. The molecule has 18 heavy (non-hydrogen) atoms. The van der Waals surface area contributed by atoms with Gasteiger partial charge in [-0.2, -0.15) is 0 Å². The molecule has 1 N–H and O–H groups in total. The van der Waals surface area contributed by atoms with E-state index in [1.807, 2.05) is 0 Å². The Morgan fingerprint density at radius 1 is 1.44 bits per heavy atom. The molecule has 1 aromatic carbocycles. The van der Waals surface area contributed by atoms with Crippen molar-refractivity contribution >= 4 is 0 Å². The highest BCUT2D eigenvalue weighted by Gasteiger charge is 2.23. The minimum Gasteiger partial charge on any atom is -0.379 e. The van der Waals surface area contributed by atoms with Crippen molar-refractivity contribution < 1.29 is 4.74 Å². The molecule has 0 amide bonds. The number of benzene rings is 1. The largest absolute Gasteiger partial charge is 0.379 e. The molecule has 1 fully saturated rings. The highest BCUT2D eigenvalue weighted by molar-refractivity contribution is 5.43. The Bertz CT molecular complexity index is 446. The SMILES string of the molecule is C/C(=C/C1Cc2ccccc21)CC1COCCN1. The summed E-state index contributed by atoms with van der Waals surface area (Å²) < 4.78 is 5.49. The summed E-state index contributed by atoms with van der Waals surface area (Å²) in [4.78, 5) is 0. The number of fused-ring (bicyclic) bond motifs is 1. The molecule has 0 spiro atoms. The van der Waals surface area contributed by atoms with Gasteiger partial charge in [-0.25, -0.2) is 0 Å². The number of rotatable bonds is 3. The second-order valence-corrected chi connectivity index (χ2v) is 5.45. The molecule has 1 aromatic rings. The third kappa shape index (κ3) is 2.50. The predicted octanol–water partition coefficient (Wildman–Crippen LogP) is 2.65. The second kappa shape index (κ2) is 5.25. The third-order valence-electron chi connectivity index (χ3n) is 3.95. The van der Waals surface area contributed by atoms with Crippen LogP contribution in [0.25, 0.3) is 0 Å². The molecule has 1 aliphatic carbocycles. The van der Waals surface area contributed by atoms with Gasteiger partial charge in [-0.1, -0.05) is 35.9 Å². The van der Waals surface area contributed by atoms with Crippen LogP contribution >= 0.6 is 0 Å². The van der Waals surface area contributed by atoms with Crippen LogP contribution in [0.15, 0.2) is 35.9 Å². The summed E-state index contributed by atoms with van der Waals surface area (Å²) >= 11 is 0. The smallest absolute Gasteiger partial charge is 0.0623 e. The first-order chi connectivity index (χ1) is 8.83. The monoisotopic (exact) mass is 243 g/mol. The van der Waals surface area contributed by atoms with Crippen molar-refractivity contribution in [3.05, 3.63) is 47.0 Å². The summed E-state index contributed by atoms with van der Waals surface area (Å²) in [5, 5.41) is 3.51. The van der Waals surface area contributed by atoms with E-state index in [1.54, 1.807) is 0 Å². The number of hydrogen-bond acceptors (Lipinski definition) is 2. The van der Waals surface area contributed by atoms with E-state index in [1.165, 1.54) is 23.1 Å². The van der Waals surface area contributed by atoms with E-state index in [0.717, 1.165) is 26.2 Å². The molecule has 3 rings (SSSR count). The first-order valence-electron chi connectivity index (χ1n) is 6.89. The molecule has 2 nitrogen and oxygen atoms in total. The van der Waals surface area contributed by atoms with E-state index in [2.05, 4.69) is 42.6 Å². The van der Waals surface area contributed by atoms with Gasteiger partial charge in [0, 0.05) is 18.5 Å². The summed E-state index contributed by atoms with van der Waals surface area (Å²) in [6, 6.07) is 9.28. The zero-order valence-corrected chi connectivity index (χ0v) is 11.0. The van der Waals surface area contributed by atoms with Crippen LogP contribution in [0, 0.1) is 0 Å². The van der Waals surface area contributed by atoms with Crippen LogP contribution in [0.1, 0.15) is 30.4 Å². The first-order valence-corrected chi connectivity index (χ1v) is 6.89. The number of nitrogens with one attached hydrogen (secondary N) is 1. The van der Waals surface area contributed by atoms with Crippen LogP contribution < -0.4 is 5.32 Å². The van der Waals surface area contributed by atoms with Crippen molar-refractivity contribution in [1.82, 2.24) is 5.32 Å². The van der Waals surface area contributed by atoms with E-state index in [-0.39, 0.29) is 0 Å². The molecule has 2 heteroatoms. The van der Waals surface area contributed by atoms with Gasteiger partial charge in [-0.15, -0.1) is 0 Å². The lowest BCUT2D eigenvalue weighted by molar-refractivity contribution is 0.0769. The van der Waals surface area contributed by atoms with Crippen LogP contribution in [-0.4, -0.2) is 25.8 Å². The number of hydrogen-bond donors (Lipinski definition) is 1. The Kier molecular flexibility index (Phi) is 3.48. The number of morpholine rings is 1. The van der Waals surface area contributed by atoms with Crippen molar-refractivity contribution in [1.29, 1.82) is 0 Å². The molecule has 0 saturated carbocycles. The topological polar surface area (TPSA) is 21.3 Å². The van der Waals surface area contributed by atoms with E-state index in [0.29, 0.717) is 12.0 Å². The maximum Gasteiger partial charge on any atom is 0.0623 e. The van der Waals surface area contributed by atoms with Gasteiger partial charge in [-0.05, 0) is 30.9 Å². The van der Waals surface area contributed by atoms with E-state index >= 15 is 0 Å². The maximum absolute atomic E-state index is 5.49. The quantitative estimate of drug-likeness (QED) is 0.824. The zero-order valence-electron chi connectivity index (χ0n) is 11.0. The standard InChI is InChI=1S/C16H21NO/c1-12(9-15-11-18-7-6-17-15)8-14-10-13-4-2-3-5-16(13)14/h2-5,8,14-15,17H,6-7,9-11H2,1H3/b12-8-. The molecule has 0 radical (unpaired) electrons.